The predicted molar refractivity (Wildman–Crippen MR) is 70.2 cm³/mol. The molecule has 1 aliphatic carbocycles. The van der Waals surface area contributed by atoms with Crippen molar-refractivity contribution in [3.63, 3.8) is 0 Å². The minimum Gasteiger partial charge on any atom is -0.493 e. The van der Waals surface area contributed by atoms with E-state index in [1.807, 2.05) is 18.2 Å². The van der Waals surface area contributed by atoms with Gasteiger partial charge in [-0.2, -0.15) is 0 Å². The molecule has 0 fully saturated rings. The molecule has 2 rings (SSSR count). The molecule has 0 aliphatic heterocycles. The summed E-state index contributed by atoms with van der Waals surface area (Å²) in [6.07, 6.45) is 7.00. The topological polar surface area (TPSA) is 35.5 Å². The van der Waals surface area contributed by atoms with Gasteiger partial charge in [-0.05, 0) is 36.5 Å². The lowest BCUT2D eigenvalue weighted by molar-refractivity contribution is -0.111. The summed E-state index contributed by atoms with van der Waals surface area (Å²) in [5.74, 6) is 1.74. The second-order valence-corrected chi connectivity index (χ2v) is 4.46. The van der Waals surface area contributed by atoms with Crippen molar-refractivity contribution in [3.8, 4) is 11.5 Å². The first-order valence-electron chi connectivity index (χ1n) is 6.12. The molecule has 0 spiro atoms. The summed E-state index contributed by atoms with van der Waals surface area (Å²) in [6.45, 7) is 0. The molecule has 18 heavy (non-hydrogen) atoms. The summed E-state index contributed by atoms with van der Waals surface area (Å²) in [7, 11) is 3.24. The molecule has 3 heteroatoms. The van der Waals surface area contributed by atoms with Crippen molar-refractivity contribution in [2.24, 2.45) is 5.92 Å². The van der Waals surface area contributed by atoms with Crippen LogP contribution >= 0.6 is 0 Å². The molecule has 0 bridgehead atoms. The van der Waals surface area contributed by atoms with Crippen molar-refractivity contribution in [2.45, 2.75) is 18.8 Å². The van der Waals surface area contributed by atoms with Gasteiger partial charge in [0.2, 0.25) is 0 Å². The lowest BCUT2D eigenvalue weighted by Crippen LogP contribution is -2.16. The molecule has 1 aromatic carbocycles. The zero-order valence-corrected chi connectivity index (χ0v) is 10.8. The van der Waals surface area contributed by atoms with Gasteiger partial charge in [-0.25, -0.2) is 0 Å². The largest absolute Gasteiger partial charge is 0.493 e. The van der Waals surface area contributed by atoms with Gasteiger partial charge in [-0.3, -0.25) is 0 Å². The Morgan fingerprint density at radius 2 is 1.83 bits per heavy atom. The Kier molecular flexibility index (Phi) is 4.03. The molecule has 96 valence electrons. The fourth-order valence-corrected chi connectivity index (χ4v) is 2.45. The molecule has 0 saturated carbocycles. The summed E-state index contributed by atoms with van der Waals surface area (Å²) < 4.78 is 10.5. The van der Waals surface area contributed by atoms with E-state index >= 15 is 0 Å². The highest BCUT2D eigenvalue weighted by Gasteiger charge is 2.24. The van der Waals surface area contributed by atoms with Gasteiger partial charge in [-0.1, -0.05) is 18.2 Å². The summed E-state index contributed by atoms with van der Waals surface area (Å²) in [5, 5.41) is 0. The van der Waals surface area contributed by atoms with Crippen LogP contribution in [0.4, 0.5) is 0 Å². The van der Waals surface area contributed by atoms with Gasteiger partial charge in [0.25, 0.3) is 0 Å². The van der Waals surface area contributed by atoms with E-state index in [9.17, 15) is 4.79 Å². The van der Waals surface area contributed by atoms with Gasteiger partial charge < -0.3 is 14.3 Å². The van der Waals surface area contributed by atoms with Gasteiger partial charge in [-0.15, -0.1) is 0 Å². The molecular weight excluding hydrogens is 228 g/mol. The van der Waals surface area contributed by atoms with E-state index < -0.39 is 0 Å². The number of aldehydes is 1. The summed E-state index contributed by atoms with van der Waals surface area (Å²) in [6, 6.07) is 5.88. The van der Waals surface area contributed by atoms with E-state index in [-0.39, 0.29) is 11.8 Å². The van der Waals surface area contributed by atoms with Crippen LogP contribution in [0.1, 0.15) is 24.3 Å². The van der Waals surface area contributed by atoms with E-state index in [0.29, 0.717) is 5.75 Å². The maximum Gasteiger partial charge on any atom is 0.160 e. The van der Waals surface area contributed by atoms with Gasteiger partial charge >= 0.3 is 0 Å². The van der Waals surface area contributed by atoms with Crippen LogP contribution in [0.15, 0.2) is 30.4 Å². The normalized spacial score (nSPS) is 22.6. The number of methoxy groups -OCH3 is 2. The van der Waals surface area contributed by atoms with Crippen LogP contribution < -0.4 is 9.47 Å². The lowest BCUT2D eigenvalue weighted by atomic mass is 9.79. The Balaban J connectivity index is 2.32. The van der Waals surface area contributed by atoms with E-state index in [2.05, 4.69) is 12.2 Å². The Bertz CT molecular complexity index is 451. The molecule has 0 N–H and O–H groups in total. The first-order valence-corrected chi connectivity index (χ1v) is 6.12. The molecule has 0 aromatic heterocycles. The van der Waals surface area contributed by atoms with Crippen molar-refractivity contribution in [2.75, 3.05) is 14.2 Å². The van der Waals surface area contributed by atoms with Crippen molar-refractivity contribution >= 4 is 6.29 Å². The third-order valence-electron chi connectivity index (χ3n) is 3.49. The second kappa shape index (κ2) is 5.71. The Hall–Kier alpha value is -1.77. The molecule has 3 nitrogen and oxygen atoms in total. The average molecular weight is 246 g/mol. The zero-order valence-electron chi connectivity index (χ0n) is 10.8. The number of ether oxygens (including phenoxy) is 2. The minimum absolute atomic E-state index is 0.0631. The fourth-order valence-electron chi connectivity index (χ4n) is 2.45. The van der Waals surface area contributed by atoms with Gasteiger partial charge in [0.15, 0.2) is 11.5 Å². The van der Waals surface area contributed by atoms with Crippen molar-refractivity contribution in [3.05, 3.63) is 35.9 Å². The Labute approximate surface area is 107 Å². The van der Waals surface area contributed by atoms with Crippen LogP contribution in [-0.2, 0) is 4.79 Å². The second-order valence-electron chi connectivity index (χ2n) is 4.46. The van der Waals surface area contributed by atoms with Crippen LogP contribution in [0.5, 0.6) is 11.5 Å². The van der Waals surface area contributed by atoms with Crippen molar-refractivity contribution < 1.29 is 14.3 Å². The summed E-state index contributed by atoms with van der Waals surface area (Å²) in [5.41, 5.74) is 1.13. The van der Waals surface area contributed by atoms with Crippen molar-refractivity contribution in [1.82, 2.24) is 0 Å². The van der Waals surface area contributed by atoms with Crippen LogP contribution in [0.25, 0.3) is 0 Å². The molecule has 1 aliphatic rings. The lowest BCUT2D eigenvalue weighted by Gasteiger charge is -2.25. The summed E-state index contributed by atoms with van der Waals surface area (Å²) in [4.78, 5) is 11.1. The number of hydrogen-bond donors (Lipinski definition) is 0. The van der Waals surface area contributed by atoms with Crippen LogP contribution in [-0.4, -0.2) is 20.5 Å². The van der Waals surface area contributed by atoms with E-state index in [0.717, 1.165) is 30.4 Å². The number of rotatable bonds is 4. The monoisotopic (exact) mass is 246 g/mol. The number of carbonyl (C=O) groups excluding carboxylic acids is 1. The average Bonchev–Trinajstić information content (AvgIpc) is 2.46. The highest BCUT2D eigenvalue weighted by molar-refractivity contribution is 5.58. The van der Waals surface area contributed by atoms with Gasteiger partial charge in [0, 0.05) is 5.92 Å². The zero-order chi connectivity index (χ0) is 13.0. The number of benzene rings is 1. The minimum atomic E-state index is 0.0631. The van der Waals surface area contributed by atoms with E-state index in [1.165, 1.54) is 0 Å². The number of hydrogen-bond acceptors (Lipinski definition) is 3. The highest BCUT2D eigenvalue weighted by atomic mass is 16.5. The van der Waals surface area contributed by atoms with Gasteiger partial charge in [0.1, 0.15) is 6.29 Å². The quantitative estimate of drug-likeness (QED) is 0.605. The fraction of sp³-hybridized carbons (Fsp3) is 0.400. The van der Waals surface area contributed by atoms with E-state index in [4.69, 9.17) is 9.47 Å². The smallest absolute Gasteiger partial charge is 0.160 e. The Morgan fingerprint density at radius 1 is 1.11 bits per heavy atom. The SMILES string of the molecule is COc1ccc(C2CC=CCC2C=O)cc1OC. The molecular formula is C15H18O3. The van der Waals surface area contributed by atoms with Crippen molar-refractivity contribution in [1.29, 1.82) is 0 Å². The highest BCUT2D eigenvalue weighted by Crippen LogP contribution is 2.37. The van der Waals surface area contributed by atoms with Crippen LogP contribution in [0.3, 0.4) is 0 Å². The molecule has 0 saturated heterocycles. The predicted octanol–water partition coefficient (Wildman–Crippen LogP) is 2.95. The molecule has 2 unspecified atom stereocenters. The van der Waals surface area contributed by atoms with E-state index in [1.54, 1.807) is 14.2 Å². The summed E-state index contributed by atoms with van der Waals surface area (Å²) >= 11 is 0. The number of carbonyl (C=O) groups is 1. The molecule has 1 aromatic rings. The third kappa shape index (κ3) is 2.40. The first-order chi connectivity index (χ1) is 8.80. The van der Waals surface area contributed by atoms with Crippen LogP contribution in [0.2, 0.25) is 0 Å². The maximum atomic E-state index is 11.1. The third-order valence-corrected chi connectivity index (χ3v) is 3.49. The maximum absolute atomic E-state index is 11.1. The van der Waals surface area contributed by atoms with Crippen LogP contribution in [0, 0.1) is 5.92 Å². The molecule has 0 radical (unpaired) electrons. The molecule has 2 atom stereocenters. The molecule has 0 heterocycles. The Morgan fingerprint density at radius 3 is 2.50 bits per heavy atom. The molecule has 0 amide bonds. The standard InChI is InChI=1S/C15H18O3/c1-17-14-8-7-11(9-15(14)18-2)13-6-4-3-5-12(13)10-16/h3-4,7-10,12-13H,5-6H2,1-2H3. The number of allylic oxidation sites excluding steroid dienone is 2. The van der Waals surface area contributed by atoms with Gasteiger partial charge in [0.05, 0.1) is 14.2 Å². The first kappa shape index (κ1) is 12.7.